The summed E-state index contributed by atoms with van der Waals surface area (Å²) in [7, 11) is 1.72. The summed E-state index contributed by atoms with van der Waals surface area (Å²) in [5.41, 5.74) is 1.30. The smallest absolute Gasteiger partial charge is 0.407 e. The van der Waals surface area contributed by atoms with Crippen LogP contribution in [0.5, 0.6) is 5.75 Å². The lowest BCUT2D eigenvalue weighted by atomic mass is 10.1. The number of hydrogen-bond acceptors (Lipinski definition) is 5. The fourth-order valence-electron chi connectivity index (χ4n) is 2.70. The van der Waals surface area contributed by atoms with E-state index in [0.29, 0.717) is 12.1 Å². The predicted molar refractivity (Wildman–Crippen MR) is 106 cm³/mol. The summed E-state index contributed by atoms with van der Waals surface area (Å²) in [5.74, 6) is -0.211. The van der Waals surface area contributed by atoms with Gasteiger partial charge in [0.1, 0.15) is 12.4 Å². The summed E-state index contributed by atoms with van der Waals surface area (Å²) < 4.78 is 5.20. The van der Waals surface area contributed by atoms with Gasteiger partial charge in [0.15, 0.2) is 0 Å². The molecule has 2 amide bonds. The Morgan fingerprint density at radius 3 is 2.68 bits per heavy atom. The minimum atomic E-state index is -0.431. The number of alkyl carbamates (subject to hydrolysis) is 1. The number of aromatic nitrogens is 1. The van der Waals surface area contributed by atoms with E-state index in [1.807, 2.05) is 37.3 Å². The monoisotopic (exact) mass is 385 g/mol. The van der Waals surface area contributed by atoms with Gasteiger partial charge in [-0.25, -0.2) is 4.79 Å². The zero-order valence-electron chi connectivity index (χ0n) is 16.3. The molecule has 0 saturated carbocycles. The van der Waals surface area contributed by atoms with Crippen LogP contribution in [0.15, 0.2) is 48.8 Å². The van der Waals surface area contributed by atoms with Crippen molar-refractivity contribution in [3.8, 4) is 5.75 Å². The molecule has 0 bridgehead atoms. The summed E-state index contributed by atoms with van der Waals surface area (Å²) in [4.78, 5) is 29.5. The highest BCUT2D eigenvalue weighted by Crippen LogP contribution is 2.11. The number of rotatable bonds is 9. The van der Waals surface area contributed by atoms with E-state index in [2.05, 4.69) is 10.3 Å². The zero-order valence-corrected chi connectivity index (χ0v) is 16.3. The van der Waals surface area contributed by atoms with Gasteiger partial charge < -0.3 is 20.1 Å². The van der Waals surface area contributed by atoms with Crippen molar-refractivity contribution in [3.05, 3.63) is 59.9 Å². The molecule has 0 radical (unpaired) electrons. The van der Waals surface area contributed by atoms with Gasteiger partial charge in [-0.3, -0.25) is 9.78 Å². The fraction of sp³-hybridized carbons (Fsp3) is 0.381. The Hall–Kier alpha value is -3.09. The molecule has 150 valence electrons. The second-order valence-electron chi connectivity index (χ2n) is 6.76. The van der Waals surface area contributed by atoms with Crippen LogP contribution in [-0.4, -0.2) is 46.6 Å². The van der Waals surface area contributed by atoms with Crippen LogP contribution in [0.4, 0.5) is 4.79 Å². The molecule has 2 rings (SSSR count). The van der Waals surface area contributed by atoms with Gasteiger partial charge in [-0.1, -0.05) is 30.3 Å². The van der Waals surface area contributed by atoms with Gasteiger partial charge in [0, 0.05) is 25.8 Å². The van der Waals surface area contributed by atoms with Crippen LogP contribution in [0, 0.1) is 0 Å². The second-order valence-corrected chi connectivity index (χ2v) is 6.76. The van der Waals surface area contributed by atoms with Crippen LogP contribution in [0.1, 0.15) is 42.1 Å². The Labute approximate surface area is 165 Å². The number of carbonyl (C=O) groups is 2. The average Bonchev–Trinajstić information content (AvgIpc) is 2.69. The predicted octanol–water partition coefficient (Wildman–Crippen LogP) is 3.34. The van der Waals surface area contributed by atoms with E-state index in [0.717, 1.165) is 24.8 Å². The number of nitrogens with zero attached hydrogens (tertiary/aromatic N) is 2. The molecule has 0 aliphatic heterocycles. The van der Waals surface area contributed by atoms with Crippen molar-refractivity contribution in [2.24, 2.45) is 0 Å². The summed E-state index contributed by atoms with van der Waals surface area (Å²) in [5, 5.41) is 12.2. The first-order chi connectivity index (χ1) is 13.5. The molecule has 1 heterocycles. The van der Waals surface area contributed by atoms with Crippen LogP contribution in [0.25, 0.3) is 0 Å². The molecule has 0 unspecified atom stereocenters. The number of carbonyl (C=O) groups excluding carboxylic acids is 2. The molecule has 2 aromatic rings. The summed E-state index contributed by atoms with van der Waals surface area (Å²) in [6.07, 6.45) is 4.74. The highest BCUT2D eigenvalue weighted by Gasteiger charge is 2.13. The van der Waals surface area contributed by atoms with E-state index < -0.39 is 6.09 Å². The number of aromatic hydroxyl groups is 1. The molecule has 2 N–H and O–H groups in total. The van der Waals surface area contributed by atoms with Crippen LogP contribution < -0.4 is 5.32 Å². The lowest BCUT2D eigenvalue weighted by molar-refractivity contribution is 0.0791. The van der Waals surface area contributed by atoms with Gasteiger partial charge in [-0.15, -0.1) is 0 Å². The lowest BCUT2D eigenvalue weighted by Gasteiger charge is -2.18. The molecule has 7 heteroatoms. The molecule has 1 atom stereocenters. The third kappa shape index (κ3) is 7.26. The molecule has 0 spiro atoms. The summed E-state index contributed by atoms with van der Waals surface area (Å²) >= 11 is 0. The number of ether oxygens (including phenoxy) is 1. The maximum atomic E-state index is 12.3. The van der Waals surface area contributed by atoms with E-state index in [4.69, 9.17) is 4.74 Å². The number of hydrogen-bond donors (Lipinski definition) is 2. The van der Waals surface area contributed by atoms with Crippen molar-refractivity contribution in [3.63, 3.8) is 0 Å². The van der Waals surface area contributed by atoms with Gasteiger partial charge in [0.2, 0.25) is 0 Å². The van der Waals surface area contributed by atoms with Crippen molar-refractivity contribution >= 4 is 12.0 Å². The van der Waals surface area contributed by atoms with Gasteiger partial charge >= 0.3 is 6.09 Å². The second kappa shape index (κ2) is 10.9. The maximum Gasteiger partial charge on any atom is 0.407 e. The molecule has 0 fully saturated rings. The number of pyridine rings is 1. The van der Waals surface area contributed by atoms with Crippen molar-refractivity contribution in [2.75, 3.05) is 13.6 Å². The highest BCUT2D eigenvalue weighted by molar-refractivity contribution is 5.94. The molecule has 7 nitrogen and oxygen atoms in total. The van der Waals surface area contributed by atoms with Crippen LogP contribution in [0.3, 0.4) is 0 Å². The summed E-state index contributed by atoms with van der Waals surface area (Å²) in [6, 6.07) is 10.9. The maximum absolute atomic E-state index is 12.3. The van der Waals surface area contributed by atoms with Crippen LogP contribution in [-0.2, 0) is 11.3 Å². The first-order valence-corrected chi connectivity index (χ1v) is 9.32. The molecule has 1 aromatic heterocycles. The Bertz CT molecular complexity index is 767. The van der Waals surface area contributed by atoms with Gasteiger partial charge in [0.05, 0.1) is 11.8 Å². The standard InChI is InChI=1S/C21H27N3O4/c1-16(23-21(27)28-15-17-9-4-3-5-10-17)8-6-7-11-24(2)20(26)18-12-19(25)14-22-13-18/h3-5,9-10,12-14,16,25H,6-8,11,15H2,1-2H3,(H,23,27)/t16-/m1/s1. The molecule has 0 saturated heterocycles. The fourth-order valence-corrected chi connectivity index (χ4v) is 2.70. The van der Waals surface area contributed by atoms with Crippen molar-refractivity contribution < 1.29 is 19.4 Å². The van der Waals surface area contributed by atoms with E-state index in [1.54, 1.807) is 11.9 Å². The van der Waals surface area contributed by atoms with Gasteiger partial charge in [-0.2, -0.15) is 0 Å². The molecule has 28 heavy (non-hydrogen) atoms. The quantitative estimate of drug-likeness (QED) is 0.646. The first kappa shape index (κ1) is 21.2. The van der Waals surface area contributed by atoms with Crippen LogP contribution >= 0.6 is 0 Å². The topological polar surface area (TPSA) is 91.8 Å². The SMILES string of the molecule is C[C@H](CCCCN(C)C(=O)c1cncc(O)c1)NC(=O)OCc1ccccc1. The van der Waals surface area contributed by atoms with Gasteiger partial charge in [0.25, 0.3) is 5.91 Å². The zero-order chi connectivity index (χ0) is 20.4. The molecular formula is C21H27N3O4. The largest absolute Gasteiger partial charge is 0.506 e. The van der Waals surface area contributed by atoms with Crippen molar-refractivity contribution in [1.29, 1.82) is 0 Å². The van der Waals surface area contributed by atoms with Gasteiger partial charge in [-0.05, 0) is 37.8 Å². The number of nitrogens with one attached hydrogen (secondary N) is 1. The molecule has 0 aliphatic rings. The van der Waals surface area contributed by atoms with E-state index in [1.165, 1.54) is 18.5 Å². The summed E-state index contributed by atoms with van der Waals surface area (Å²) in [6.45, 7) is 2.76. The van der Waals surface area contributed by atoms with Crippen molar-refractivity contribution in [2.45, 2.75) is 38.8 Å². The normalized spacial score (nSPS) is 11.5. The highest BCUT2D eigenvalue weighted by atomic mass is 16.5. The first-order valence-electron chi connectivity index (χ1n) is 9.32. The van der Waals surface area contributed by atoms with E-state index >= 15 is 0 Å². The number of benzene rings is 1. The van der Waals surface area contributed by atoms with Crippen LogP contribution in [0.2, 0.25) is 0 Å². The molecular weight excluding hydrogens is 358 g/mol. The number of amides is 2. The Morgan fingerprint density at radius 1 is 1.21 bits per heavy atom. The Balaban J connectivity index is 1.61. The molecule has 0 aliphatic carbocycles. The van der Waals surface area contributed by atoms with Crippen molar-refractivity contribution in [1.82, 2.24) is 15.2 Å². The average molecular weight is 385 g/mol. The molecule has 1 aromatic carbocycles. The minimum Gasteiger partial charge on any atom is -0.506 e. The lowest BCUT2D eigenvalue weighted by Crippen LogP contribution is -2.33. The third-order valence-corrected chi connectivity index (χ3v) is 4.28. The van der Waals surface area contributed by atoms with E-state index in [9.17, 15) is 14.7 Å². The Kier molecular flexibility index (Phi) is 8.27. The third-order valence-electron chi connectivity index (χ3n) is 4.28. The van der Waals surface area contributed by atoms with E-state index in [-0.39, 0.29) is 24.3 Å². The Morgan fingerprint density at radius 2 is 1.96 bits per heavy atom. The minimum absolute atomic E-state index is 0.0143. The number of unbranched alkanes of at least 4 members (excludes halogenated alkanes) is 1.